The Morgan fingerprint density at radius 1 is 0.714 bits per heavy atom. The molecule has 4 rings (SSSR count). The topological polar surface area (TPSA) is 0 Å². The molecule has 0 unspecified atom stereocenters. The SMILES string of the molecule is CC[CH]=[Zr]([Cl])[Cl].Cc1ccc(C)c2[cH-]ccc12.Cc1ccc(C)c2[cH-]ccc12. The molecule has 4 aromatic rings. The molecular formula is C25H28Cl2Zr-2. The fourth-order valence-corrected chi connectivity index (χ4v) is 5.81. The number of halogens is 2. The van der Waals surface area contributed by atoms with Crippen molar-refractivity contribution in [2.24, 2.45) is 0 Å². The second kappa shape index (κ2) is 11.2. The molecule has 0 bridgehead atoms. The standard InChI is InChI=1S/2C11H11.C3H6.2ClH.Zr/c2*1-8-6-7-9(2)11-5-3-4-10(8)11;1-3-2;;;/h2*3-7H,1-2H3;1H,3H2,2H3;2*1H;/q2*-1;;;;+2/p-2. The molecule has 0 heterocycles. The normalized spacial score (nSPS) is 10.1. The molecule has 0 atom stereocenters. The second-order valence-corrected chi connectivity index (χ2v) is 15.4. The van der Waals surface area contributed by atoms with Gasteiger partial charge in [-0.05, 0) is 13.8 Å². The summed E-state index contributed by atoms with van der Waals surface area (Å²) < 4.78 is 2.02. The van der Waals surface area contributed by atoms with E-state index in [1.807, 2.05) is 10.6 Å². The number of hydrogen-bond acceptors (Lipinski definition) is 0. The summed E-state index contributed by atoms with van der Waals surface area (Å²) in [6.07, 6.45) is 1.03. The molecule has 0 radical (unpaired) electrons. The van der Waals surface area contributed by atoms with Gasteiger partial charge in [0.2, 0.25) is 0 Å². The van der Waals surface area contributed by atoms with E-state index in [1.54, 1.807) is 0 Å². The first kappa shape index (κ1) is 23.3. The predicted octanol–water partition coefficient (Wildman–Crippen LogP) is 8.48. The summed E-state index contributed by atoms with van der Waals surface area (Å²) in [6, 6.07) is 21.7. The third-order valence-electron chi connectivity index (χ3n) is 4.86. The van der Waals surface area contributed by atoms with E-state index in [4.69, 9.17) is 17.0 Å². The average Bonchev–Trinajstić information content (AvgIpc) is 3.33. The van der Waals surface area contributed by atoms with Crippen LogP contribution in [0.25, 0.3) is 21.5 Å². The molecule has 0 N–H and O–H groups in total. The molecule has 0 aliphatic carbocycles. The van der Waals surface area contributed by atoms with Crippen LogP contribution in [0, 0.1) is 27.7 Å². The number of hydrogen-bond donors (Lipinski definition) is 0. The van der Waals surface area contributed by atoms with Crippen LogP contribution in [0.4, 0.5) is 0 Å². The summed E-state index contributed by atoms with van der Waals surface area (Å²) in [5.74, 6) is 0. The molecule has 28 heavy (non-hydrogen) atoms. The predicted molar refractivity (Wildman–Crippen MR) is 126 cm³/mol. The first-order chi connectivity index (χ1) is 13.3. The van der Waals surface area contributed by atoms with E-state index >= 15 is 0 Å². The van der Waals surface area contributed by atoms with Crippen molar-refractivity contribution >= 4 is 42.3 Å². The number of rotatable bonds is 1. The van der Waals surface area contributed by atoms with Gasteiger partial charge in [0, 0.05) is 0 Å². The Balaban J connectivity index is 0.000000158. The van der Waals surface area contributed by atoms with Crippen LogP contribution in [0.15, 0.2) is 60.7 Å². The van der Waals surface area contributed by atoms with Crippen LogP contribution < -0.4 is 0 Å². The van der Waals surface area contributed by atoms with E-state index in [-0.39, 0.29) is 0 Å². The molecule has 0 nitrogen and oxygen atoms in total. The summed E-state index contributed by atoms with van der Waals surface area (Å²) >= 11 is -1.80. The minimum atomic E-state index is -1.80. The minimum Gasteiger partial charge on any atom is -0.168 e. The van der Waals surface area contributed by atoms with Gasteiger partial charge >= 0.3 is 53.0 Å². The largest absolute Gasteiger partial charge is 0.168 e. The quantitative estimate of drug-likeness (QED) is 0.235. The Kier molecular flexibility index (Phi) is 9.35. The van der Waals surface area contributed by atoms with Gasteiger partial charge in [-0.15, -0.1) is 56.9 Å². The van der Waals surface area contributed by atoms with E-state index < -0.39 is 18.9 Å². The van der Waals surface area contributed by atoms with Gasteiger partial charge in [0.15, 0.2) is 0 Å². The smallest absolute Gasteiger partial charge is 0.0488 e. The fourth-order valence-electron chi connectivity index (χ4n) is 3.23. The van der Waals surface area contributed by atoms with Gasteiger partial charge in [0.05, 0.1) is 0 Å². The monoisotopic (exact) mass is 488 g/mol. The van der Waals surface area contributed by atoms with Crippen molar-refractivity contribution in [3.05, 3.63) is 82.9 Å². The van der Waals surface area contributed by atoms with Crippen LogP contribution in [-0.4, -0.2) is 3.71 Å². The van der Waals surface area contributed by atoms with Gasteiger partial charge in [0.1, 0.15) is 0 Å². The van der Waals surface area contributed by atoms with Crippen molar-refractivity contribution in [2.75, 3.05) is 0 Å². The molecule has 0 spiro atoms. The van der Waals surface area contributed by atoms with Gasteiger partial charge in [-0.3, -0.25) is 0 Å². The van der Waals surface area contributed by atoms with Crippen LogP contribution in [0.5, 0.6) is 0 Å². The summed E-state index contributed by atoms with van der Waals surface area (Å²) in [5.41, 5.74) is 5.48. The van der Waals surface area contributed by atoms with Crippen molar-refractivity contribution in [2.45, 2.75) is 41.0 Å². The zero-order chi connectivity index (χ0) is 20.7. The van der Waals surface area contributed by atoms with E-state index in [0.29, 0.717) is 0 Å². The average molecular weight is 491 g/mol. The van der Waals surface area contributed by atoms with Crippen LogP contribution in [-0.2, 0) is 18.9 Å². The summed E-state index contributed by atoms with van der Waals surface area (Å²) in [5, 5.41) is 5.57. The summed E-state index contributed by atoms with van der Waals surface area (Å²) in [4.78, 5) is 0. The molecule has 148 valence electrons. The molecule has 4 aromatic carbocycles. The van der Waals surface area contributed by atoms with Gasteiger partial charge in [-0.1, -0.05) is 37.1 Å². The molecule has 0 amide bonds. The van der Waals surface area contributed by atoms with Crippen molar-refractivity contribution < 1.29 is 18.9 Å². The third kappa shape index (κ3) is 6.25. The first-order valence-corrected chi connectivity index (χ1v) is 17.3. The Bertz CT molecular complexity index is 913. The van der Waals surface area contributed by atoms with Gasteiger partial charge in [-0.2, -0.15) is 24.3 Å². The number of fused-ring (bicyclic) bond motifs is 2. The van der Waals surface area contributed by atoms with Crippen molar-refractivity contribution in [1.82, 2.24) is 0 Å². The van der Waals surface area contributed by atoms with Crippen molar-refractivity contribution in [1.29, 1.82) is 0 Å². The zero-order valence-electron chi connectivity index (χ0n) is 17.3. The number of benzene rings is 2. The van der Waals surface area contributed by atoms with Gasteiger partial charge in [0.25, 0.3) is 0 Å². The molecule has 0 fully saturated rings. The van der Waals surface area contributed by atoms with Crippen LogP contribution in [0.2, 0.25) is 0 Å². The third-order valence-corrected chi connectivity index (χ3v) is 8.44. The molecule has 0 saturated heterocycles. The Morgan fingerprint density at radius 3 is 1.39 bits per heavy atom. The maximum absolute atomic E-state index is 5.48. The molecular weight excluding hydrogens is 462 g/mol. The minimum absolute atomic E-state index is 1.03. The Hall–Kier alpha value is -1.01. The fraction of sp³-hybridized carbons (Fsp3) is 0.240. The van der Waals surface area contributed by atoms with E-state index in [0.717, 1.165) is 6.42 Å². The number of aryl methyl sites for hydroxylation is 4. The molecule has 0 aliphatic heterocycles. The van der Waals surface area contributed by atoms with E-state index in [1.165, 1.54) is 43.8 Å². The van der Waals surface area contributed by atoms with Crippen LogP contribution in [0.1, 0.15) is 35.6 Å². The van der Waals surface area contributed by atoms with Crippen molar-refractivity contribution in [3.63, 3.8) is 0 Å². The van der Waals surface area contributed by atoms with Crippen LogP contribution in [0.3, 0.4) is 0 Å². The Labute approximate surface area is 184 Å². The first-order valence-electron chi connectivity index (χ1n) is 9.59. The maximum atomic E-state index is 5.48. The van der Waals surface area contributed by atoms with E-state index in [2.05, 4.69) is 88.4 Å². The van der Waals surface area contributed by atoms with Gasteiger partial charge in [-0.25, -0.2) is 0 Å². The second-order valence-electron chi connectivity index (χ2n) is 7.01. The Morgan fingerprint density at radius 2 is 1.11 bits per heavy atom. The summed E-state index contributed by atoms with van der Waals surface area (Å²) in [6.45, 7) is 10.7. The van der Waals surface area contributed by atoms with Crippen LogP contribution >= 0.6 is 17.0 Å². The zero-order valence-corrected chi connectivity index (χ0v) is 21.3. The van der Waals surface area contributed by atoms with E-state index in [9.17, 15) is 0 Å². The van der Waals surface area contributed by atoms with Crippen molar-refractivity contribution in [3.8, 4) is 0 Å². The molecule has 0 saturated carbocycles. The molecule has 3 heteroatoms. The molecule has 0 aromatic heterocycles. The molecule has 0 aliphatic rings. The summed E-state index contributed by atoms with van der Waals surface area (Å²) in [7, 11) is 11.0. The van der Waals surface area contributed by atoms with Gasteiger partial charge < -0.3 is 0 Å². The maximum Gasteiger partial charge on any atom is -0.0488 e.